The molecule has 2 heterocycles. The number of hydrogen-bond acceptors (Lipinski definition) is 5. The fourth-order valence-electron chi connectivity index (χ4n) is 3.58. The first-order chi connectivity index (χ1) is 15.0. The zero-order valence-electron chi connectivity index (χ0n) is 17.2. The SMILES string of the molecule is CN(C)[C@@H](CN=Cc1c(O)n(-c2cccc(Cl)c2)c(=O)c2ccccc12)c1ccco1. The van der Waals surface area contributed by atoms with Gasteiger partial charge in [-0.3, -0.25) is 14.7 Å². The molecule has 0 radical (unpaired) electrons. The summed E-state index contributed by atoms with van der Waals surface area (Å²) in [5, 5.41) is 12.7. The molecule has 31 heavy (non-hydrogen) atoms. The largest absolute Gasteiger partial charge is 0.494 e. The highest BCUT2D eigenvalue weighted by Gasteiger charge is 2.18. The molecule has 0 aliphatic carbocycles. The van der Waals surface area contributed by atoms with Crippen LogP contribution in [0.15, 0.2) is 81.1 Å². The molecule has 7 heteroatoms. The van der Waals surface area contributed by atoms with E-state index in [2.05, 4.69) is 4.99 Å². The molecule has 158 valence electrons. The minimum Gasteiger partial charge on any atom is -0.494 e. The number of rotatable bonds is 6. The Bertz CT molecular complexity index is 1290. The molecule has 1 atom stereocenters. The maximum absolute atomic E-state index is 13.1. The molecule has 2 aromatic heterocycles. The van der Waals surface area contributed by atoms with Crippen LogP contribution in [0, 0.1) is 0 Å². The number of aromatic nitrogens is 1. The Kier molecular flexibility index (Phi) is 5.93. The van der Waals surface area contributed by atoms with E-state index in [0.717, 1.165) is 5.76 Å². The second kappa shape index (κ2) is 8.79. The van der Waals surface area contributed by atoms with Crippen molar-refractivity contribution in [2.24, 2.45) is 4.99 Å². The fourth-order valence-corrected chi connectivity index (χ4v) is 3.76. The number of nitrogens with zero attached hydrogens (tertiary/aromatic N) is 3. The van der Waals surface area contributed by atoms with Gasteiger partial charge in [0.1, 0.15) is 5.76 Å². The first-order valence-electron chi connectivity index (χ1n) is 9.79. The van der Waals surface area contributed by atoms with E-state index in [1.807, 2.05) is 37.2 Å². The topological polar surface area (TPSA) is 71.0 Å². The third-order valence-electron chi connectivity index (χ3n) is 5.16. The Morgan fingerprint density at radius 2 is 1.90 bits per heavy atom. The standard InChI is InChI=1S/C24H22ClN3O3/c1-27(2)21(22-11-6-12-31-22)15-26-14-20-18-9-3-4-10-19(18)23(29)28(24(20)30)17-8-5-7-16(25)13-17/h3-14,21,30H,15H2,1-2H3/t21-/m0/s1. The van der Waals surface area contributed by atoms with Crippen molar-refractivity contribution in [3.63, 3.8) is 0 Å². The first-order valence-corrected chi connectivity index (χ1v) is 10.2. The number of likely N-dealkylation sites (N-methyl/N-ethyl adjacent to an activating group) is 1. The number of fused-ring (bicyclic) bond motifs is 1. The molecule has 0 fully saturated rings. The predicted molar refractivity (Wildman–Crippen MR) is 124 cm³/mol. The summed E-state index contributed by atoms with van der Waals surface area (Å²) in [4.78, 5) is 19.7. The molecular weight excluding hydrogens is 414 g/mol. The molecule has 0 saturated heterocycles. The van der Waals surface area contributed by atoms with Gasteiger partial charge in [-0.25, -0.2) is 4.57 Å². The van der Waals surface area contributed by atoms with Crippen LogP contribution in [-0.4, -0.2) is 41.4 Å². The van der Waals surface area contributed by atoms with Crippen molar-refractivity contribution >= 4 is 28.6 Å². The summed E-state index contributed by atoms with van der Waals surface area (Å²) in [7, 11) is 3.91. The minimum atomic E-state index is -0.325. The van der Waals surface area contributed by atoms with Gasteiger partial charge in [-0.05, 0) is 50.5 Å². The Morgan fingerprint density at radius 1 is 1.13 bits per heavy atom. The van der Waals surface area contributed by atoms with Crippen LogP contribution in [0.25, 0.3) is 16.5 Å². The summed E-state index contributed by atoms with van der Waals surface area (Å²) >= 11 is 6.12. The minimum absolute atomic E-state index is 0.0570. The zero-order chi connectivity index (χ0) is 22.0. The lowest BCUT2D eigenvalue weighted by atomic mass is 10.1. The molecule has 6 nitrogen and oxygen atoms in total. The highest BCUT2D eigenvalue weighted by atomic mass is 35.5. The smallest absolute Gasteiger partial charge is 0.265 e. The number of furan rings is 1. The average molecular weight is 436 g/mol. The van der Waals surface area contributed by atoms with E-state index >= 15 is 0 Å². The van der Waals surface area contributed by atoms with Gasteiger partial charge >= 0.3 is 0 Å². The van der Waals surface area contributed by atoms with Crippen molar-refractivity contribution in [3.8, 4) is 11.6 Å². The summed E-state index contributed by atoms with van der Waals surface area (Å²) in [6, 6.07) is 17.7. The normalized spacial score (nSPS) is 12.8. The maximum atomic E-state index is 13.1. The van der Waals surface area contributed by atoms with E-state index < -0.39 is 0 Å². The monoisotopic (exact) mass is 435 g/mol. The molecule has 4 rings (SSSR count). The van der Waals surface area contributed by atoms with Gasteiger partial charge in [0.15, 0.2) is 0 Å². The third-order valence-corrected chi connectivity index (χ3v) is 5.40. The van der Waals surface area contributed by atoms with Gasteiger partial charge in [-0.1, -0.05) is 35.9 Å². The molecule has 0 aliphatic heterocycles. The van der Waals surface area contributed by atoms with Crippen molar-refractivity contribution in [1.29, 1.82) is 0 Å². The van der Waals surface area contributed by atoms with Crippen molar-refractivity contribution < 1.29 is 9.52 Å². The Hall–Kier alpha value is -3.35. The first kappa shape index (κ1) is 20.9. The number of aromatic hydroxyl groups is 1. The summed E-state index contributed by atoms with van der Waals surface area (Å²) in [6.07, 6.45) is 3.24. The van der Waals surface area contributed by atoms with E-state index in [1.54, 1.807) is 54.9 Å². The lowest BCUT2D eigenvalue weighted by Gasteiger charge is -2.20. The molecule has 1 N–H and O–H groups in total. The van der Waals surface area contributed by atoms with Gasteiger partial charge in [0.05, 0.1) is 30.1 Å². The lowest BCUT2D eigenvalue weighted by molar-refractivity contribution is 0.265. The molecule has 0 bridgehead atoms. The maximum Gasteiger partial charge on any atom is 0.265 e. The molecule has 2 aromatic carbocycles. The van der Waals surface area contributed by atoms with E-state index in [9.17, 15) is 9.90 Å². The Labute approximate surface area is 184 Å². The molecule has 4 aromatic rings. The van der Waals surface area contributed by atoms with E-state index in [-0.39, 0.29) is 17.5 Å². The van der Waals surface area contributed by atoms with Crippen LogP contribution in [0.5, 0.6) is 5.88 Å². The van der Waals surface area contributed by atoms with E-state index in [4.69, 9.17) is 16.0 Å². The van der Waals surface area contributed by atoms with E-state index in [0.29, 0.717) is 33.6 Å². The van der Waals surface area contributed by atoms with Crippen molar-refractivity contribution in [2.75, 3.05) is 20.6 Å². The summed E-state index contributed by atoms with van der Waals surface area (Å²) in [5.74, 6) is 0.620. The van der Waals surface area contributed by atoms with Gasteiger partial charge < -0.3 is 9.52 Å². The summed E-state index contributed by atoms with van der Waals surface area (Å²) < 4.78 is 6.79. The van der Waals surface area contributed by atoms with Gasteiger partial charge in [-0.15, -0.1) is 0 Å². The predicted octanol–water partition coefficient (Wildman–Crippen LogP) is 4.66. The molecule has 0 spiro atoms. The van der Waals surface area contributed by atoms with Gasteiger partial charge in [-0.2, -0.15) is 0 Å². The lowest BCUT2D eigenvalue weighted by Crippen LogP contribution is -2.22. The van der Waals surface area contributed by atoms with Crippen molar-refractivity contribution in [1.82, 2.24) is 9.47 Å². The number of pyridine rings is 1. The van der Waals surface area contributed by atoms with Crippen LogP contribution in [0.2, 0.25) is 5.02 Å². The second-order valence-electron chi connectivity index (χ2n) is 7.39. The number of halogens is 1. The number of benzene rings is 2. The van der Waals surface area contributed by atoms with Crippen LogP contribution in [0.1, 0.15) is 17.4 Å². The van der Waals surface area contributed by atoms with Gasteiger partial charge in [0, 0.05) is 22.0 Å². The Morgan fingerprint density at radius 3 is 2.58 bits per heavy atom. The number of aliphatic imine (C=N–C) groups is 1. The van der Waals surface area contributed by atoms with Crippen molar-refractivity contribution in [2.45, 2.75) is 6.04 Å². The summed E-state index contributed by atoms with van der Waals surface area (Å²) in [5.41, 5.74) is 0.624. The van der Waals surface area contributed by atoms with Gasteiger partial charge in [0.2, 0.25) is 5.88 Å². The van der Waals surface area contributed by atoms with Crippen LogP contribution >= 0.6 is 11.6 Å². The fraction of sp³-hybridized carbons (Fsp3) is 0.167. The number of hydrogen-bond donors (Lipinski definition) is 1. The van der Waals surface area contributed by atoms with Crippen LogP contribution in [0.3, 0.4) is 0 Å². The summed E-state index contributed by atoms with van der Waals surface area (Å²) in [6.45, 7) is 0.421. The van der Waals surface area contributed by atoms with Crippen LogP contribution in [0.4, 0.5) is 0 Å². The molecule has 0 unspecified atom stereocenters. The molecule has 0 saturated carbocycles. The molecule has 0 aliphatic rings. The quantitative estimate of drug-likeness (QED) is 0.447. The molecule has 0 amide bonds. The Balaban J connectivity index is 1.82. The third kappa shape index (κ3) is 4.13. The highest BCUT2D eigenvalue weighted by Crippen LogP contribution is 2.27. The average Bonchev–Trinajstić information content (AvgIpc) is 3.27. The van der Waals surface area contributed by atoms with Crippen LogP contribution < -0.4 is 5.56 Å². The molecular formula is C24H22ClN3O3. The zero-order valence-corrected chi connectivity index (χ0v) is 18.0. The highest BCUT2D eigenvalue weighted by molar-refractivity contribution is 6.30. The second-order valence-corrected chi connectivity index (χ2v) is 7.83. The van der Waals surface area contributed by atoms with E-state index in [1.165, 1.54) is 4.57 Å². The van der Waals surface area contributed by atoms with Gasteiger partial charge in [0.25, 0.3) is 5.56 Å². The van der Waals surface area contributed by atoms with Crippen molar-refractivity contribution in [3.05, 3.63) is 93.6 Å². The van der Waals surface area contributed by atoms with Crippen LogP contribution in [-0.2, 0) is 0 Å².